The van der Waals surface area contributed by atoms with Gasteiger partial charge in [0.15, 0.2) is 12.4 Å². The monoisotopic (exact) mass is 582 g/mol. The van der Waals surface area contributed by atoms with Crippen LogP contribution in [0.25, 0.3) is 5.52 Å². The number of esters is 2. The fraction of sp³-hybridized carbons (Fsp3) is 0.360. The molecule has 0 bridgehead atoms. The lowest BCUT2D eigenvalue weighted by Gasteiger charge is -2.01. The molecule has 0 aromatic carbocycles. The molecule has 186 valence electrons. The van der Waals surface area contributed by atoms with Crippen molar-refractivity contribution in [2.75, 3.05) is 19.1 Å². The van der Waals surface area contributed by atoms with Crippen molar-refractivity contribution in [3.8, 4) is 11.8 Å². The summed E-state index contributed by atoms with van der Waals surface area (Å²) >= 11 is 0. The van der Waals surface area contributed by atoms with Crippen LogP contribution in [0.1, 0.15) is 57.6 Å². The molecule has 0 unspecified atom stereocenters. The largest absolute Gasteiger partial charge is 1.00 e. The number of nitrogens with zero attached hydrogens (tertiary/aromatic N) is 3. The van der Waals surface area contributed by atoms with E-state index in [9.17, 15) is 9.59 Å². The molecule has 9 heteroatoms. The Labute approximate surface area is 219 Å². The molecule has 3 rings (SSSR count). The summed E-state index contributed by atoms with van der Waals surface area (Å²) in [6.45, 7) is 8.20. The number of hydrogen-bond donors (Lipinski definition) is 1. The van der Waals surface area contributed by atoms with Gasteiger partial charge in [-0.05, 0) is 32.4 Å². The van der Waals surface area contributed by atoms with Crippen LogP contribution in [-0.4, -0.2) is 34.8 Å². The Morgan fingerprint density at radius 3 is 2.18 bits per heavy atom. The van der Waals surface area contributed by atoms with Crippen molar-refractivity contribution in [1.82, 2.24) is 9.61 Å². The van der Waals surface area contributed by atoms with E-state index in [1.165, 1.54) is 4.68 Å². The van der Waals surface area contributed by atoms with Gasteiger partial charge in [-0.2, -0.15) is 5.10 Å². The molecule has 0 saturated heterocycles. The van der Waals surface area contributed by atoms with Crippen LogP contribution in [0, 0.1) is 11.8 Å². The molecule has 0 atom stereocenters. The number of fused-ring (bicyclic) bond motifs is 1. The van der Waals surface area contributed by atoms with Gasteiger partial charge < -0.3 is 33.5 Å². The van der Waals surface area contributed by atoms with Gasteiger partial charge in [-0.1, -0.05) is 44.0 Å². The van der Waals surface area contributed by atoms with E-state index in [2.05, 4.69) is 21.7 Å². The molecule has 0 fully saturated rings. The van der Waals surface area contributed by atoms with Crippen molar-refractivity contribution in [3.05, 3.63) is 66.2 Å². The number of halogens is 1. The summed E-state index contributed by atoms with van der Waals surface area (Å²) in [7, 11) is 0. The lowest BCUT2D eigenvalue weighted by molar-refractivity contribution is -0.638. The molecule has 0 spiro atoms. The molecule has 34 heavy (non-hydrogen) atoms. The summed E-state index contributed by atoms with van der Waals surface area (Å²) < 4.78 is 12.8. The average molecular weight is 582 g/mol. The zero-order valence-electron chi connectivity index (χ0n) is 19.5. The van der Waals surface area contributed by atoms with Gasteiger partial charge in [-0.15, -0.1) is 0 Å². The maximum absolute atomic E-state index is 11.8. The van der Waals surface area contributed by atoms with Gasteiger partial charge in [0.25, 0.3) is 0 Å². The normalized spacial score (nSPS) is 8.71. The molecule has 3 aromatic heterocycles. The number of rotatable bonds is 4. The molecule has 0 aliphatic heterocycles. The highest BCUT2D eigenvalue weighted by Gasteiger charge is 2.18. The lowest BCUT2D eigenvalue weighted by atomic mass is 10.1. The van der Waals surface area contributed by atoms with Crippen molar-refractivity contribution >= 4 is 17.5 Å². The average Bonchev–Trinajstić information content (AvgIpc) is 3.18. The maximum atomic E-state index is 11.8. The van der Waals surface area contributed by atoms with Crippen LogP contribution in [0.5, 0.6) is 0 Å². The van der Waals surface area contributed by atoms with Crippen LogP contribution in [-0.2, 0) is 20.7 Å². The summed E-state index contributed by atoms with van der Waals surface area (Å²) in [5.74, 6) is 9.48. The van der Waals surface area contributed by atoms with Gasteiger partial charge in [0.2, 0.25) is 0 Å². The number of nitrogens with two attached hydrogens (primary N) is 1. The van der Waals surface area contributed by atoms with E-state index in [0.717, 1.165) is 17.6 Å². The first kappa shape index (κ1) is 33.0. The van der Waals surface area contributed by atoms with Crippen molar-refractivity contribution in [2.24, 2.45) is 0 Å². The van der Waals surface area contributed by atoms with Crippen molar-refractivity contribution in [1.29, 1.82) is 0 Å². The third-order valence-corrected chi connectivity index (χ3v) is 3.81. The first-order chi connectivity index (χ1) is 15.5. The van der Waals surface area contributed by atoms with E-state index in [-0.39, 0.29) is 37.4 Å². The van der Waals surface area contributed by atoms with E-state index in [1.54, 1.807) is 30.8 Å². The quantitative estimate of drug-likeness (QED) is 0.119. The number of ether oxygens (including phenoxy) is 2. The number of carbonyl (C=O) groups is 2. The van der Waals surface area contributed by atoms with Crippen molar-refractivity contribution < 1.29 is 47.7 Å². The highest BCUT2D eigenvalue weighted by atomic mass is 127. The molecule has 2 N–H and O–H groups in total. The van der Waals surface area contributed by atoms with Crippen molar-refractivity contribution in [3.63, 3.8) is 0 Å². The van der Waals surface area contributed by atoms with Gasteiger partial charge in [-0.3, -0.25) is 0 Å². The molecule has 0 aliphatic rings. The van der Waals surface area contributed by atoms with E-state index >= 15 is 0 Å². The van der Waals surface area contributed by atoms with E-state index < -0.39 is 5.97 Å². The third-order valence-electron chi connectivity index (χ3n) is 3.81. The van der Waals surface area contributed by atoms with Gasteiger partial charge in [0, 0.05) is 30.7 Å². The zero-order chi connectivity index (χ0) is 23.8. The second-order valence-corrected chi connectivity index (χ2v) is 6.12. The van der Waals surface area contributed by atoms with Gasteiger partial charge in [0.05, 0.1) is 24.4 Å². The highest BCUT2D eigenvalue weighted by molar-refractivity contribution is 5.98. The summed E-state index contributed by atoms with van der Waals surface area (Å²) in [6.07, 6.45) is 6.80. The minimum atomic E-state index is -0.431. The van der Waals surface area contributed by atoms with E-state index in [0.29, 0.717) is 25.2 Å². The summed E-state index contributed by atoms with van der Waals surface area (Å²) in [4.78, 5) is 22.2. The predicted molar refractivity (Wildman–Crippen MR) is 129 cm³/mol. The highest BCUT2D eigenvalue weighted by Crippen LogP contribution is 2.17. The number of carbonyl (C=O) groups excluding carboxylic acids is 2. The molecule has 0 radical (unpaired) electrons. The number of pyridine rings is 2. The lowest BCUT2D eigenvalue weighted by Crippen LogP contribution is -3.00. The molecule has 0 aliphatic carbocycles. The smallest absolute Gasteiger partial charge is 0.384 e. The van der Waals surface area contributed by atoms with Crippen LogP contribution in [0.15, 0.2) is 55.0 Å². The Bertz CT molecular complexity index is 1040. The van der Waals surface area contributed by atoms with E-state index in [1.807, 2.05) is 56.4 Å². The third kappa shape index (κ3) is 11.7. The minimum Gasteiger partial charge on any atom is -1.00 e. The van der Waals surface area contributed by atoms with Crippen LogP contribution in [0.3, 0.4) is 0 Å². The molecule has 3 aromatic rings. The second-order valence-electron chi connectivity index (χ2n) is 6.12. The topological polar surface area (TPSA) is 99.8 Å². The summed E-state index contributed by atoms with van der Waals surface area (Å²) in [5, 5.41) is 4.35. The Kier molecular flexibility index (Phi) is 18.8. The number of hydrogen-bond acceptors (Lipinski definition) is 6. The predicted octanol–water partition coefficient (Wildman–Crippen LogP) is 0.364. The minimum absolute atomic E-state index is 0. The number of aryl methyl sites for hydroxylation is 1. The molecule has 0 amide bonds. The second kappa shape index (κ2) is 19.3. The molecular formula is C25H35IN4O4. The first-order valence-electron chi connectivity index (χ1n) is 10.5. The molecule has 8 nitrogen and oxygen atoms in total. The van der Waals surface area contributed by atoms with Crippen molar-refractivity contribution in [2.45, 2.75) is 48.0 Å². The Balaban J connectivity index is 0. The van der Waals surface area contributed by atoms with E-state index in [4.69, 9.17) is 10.6 Å². The van der Waals surface area contributed by atoms with Crippen LogP contribution < -0.4 is 34.5 Å². The summed E-state index contributed by atoms with van der Waals surface area (Å²) in [5.41, 5.74) is 2.17. The van der Waals surface area contributed by atoms with Gasteiger partial charge in [-0.25, -0.2) is 19.9 Å². The standard InChI is InChI=1S/C12H14N2O2.C7H10O2.C5H7N2.CH4.HI/c1-3-9-11(12(15)16-4-2)10-7-5-6-8-14(10)13-9;1-3-5-6-7(8)9-4-2;6-7-4-2-1-3-5-7;;/h5-8H,3-4H2,1-2H3;3-4H2,1-2H3;1-5H,6H2;1H4;1H/q;;+1;;/p-1. The fourth-order valence-corrected chi connectivity index (χ4v) is 2.46. The molecular weight excluding hydrogens is 547 g/mol. The van der Waals surface area contributed by atoms with Crippen LogP contribution in [0.4, 0.5) is 0 Å². The van der Waals surface area contributed by atoms with Gasteiger partial charge in [0.1, 0.15) is 5.56 Å². The first-order valence-corrected chi connectivity index (χ1v) is 10.5. The maximum Gasteiger partial charge on any atom is 0.384 e. The molecule has 3 heterocycles. The van der Waals surface area contributed by atoms with Crippen LogP contribution >= 0.6 is 0 Å². The number of nitrogen functional groups attached to an aromatic ring is 1. The Morgan fingerprint density at radius 1 is 1.03 bits per heavy atom. The molecule has 0 saturated carbocycles. The Hall–Kier alpha value is -3.13. The number of aromatic nitrogens is 3. The zero-order valence-corrected chi connectivity index (χ0v) is 21.6. The Morgan fingerprint density at radius 2 is 1.68 bits per heavy atom. The SMILES string of the molecule is C.CCC#CC(=O)OCC.CCOC(=O)c1c(CC)nn2ccccc12.N[n+]1ccccc1.[I-]. The van der Waals surface area contributed by atoms with Crippen LogP contribution in [0.2, 0.25) is 0 Å². The fourth-order valence-electron chi connectivity index (χ4n) is 2.46. The summed E-state index contributed by atoms with van der Waals surface area (Å²) in [6, 6.07) is 11.3. The van der Waals surface area contributed by atoms with Gasteiger partial charge >= 0.3 is 11.9 Å².